The SMILES string of the molecule is Cc1ccc(C(=N)N=C([SH2+])Oc2cc(C)c(CCN(C)CCF)cc2C)cc1. The van der Waals surface area contributed by atoms with E-state index in [-0.39, 0.29) is 17.7 Å². The Hall–Kier alpha value is -2.18. The molecular weight excluding hydrogens is 373 g/mol. The van der Waals surface area contributed by atoms with Gasteiger partial charge in [0.15, 0.2) is 5.84 Å². The van der Waals surface area contributed by atoms with Gasteiger partial charge in [-0.3, -0.25) is 5.41 Å². The molecular formula is C22H29FN3OS+. The summed E-state index contributed by atoms with van der Waals surface area (Å²) in [6.45, 7) is 6.96. The van der Waals surface area contributed by atoms with E-state index in [0.29, 0.717) is 12.3 Å². The lowest BCUT2D eigenvalue weighted by molar-refractivity contribution is 0.298. The van der Waals surface area contributed by atoms with Gasteiger partial charge in [-0.05, 0) is 57.0 Å². The van der Waals surface area contributed by atoms with Crippen molar-refractivity contribution in [3.63, 3.8) is 0 Å². The van der Waals surface area contributed by atoms with Crippen LogP contribution >= 0.6 is 0 Å². The monoisotopic (exact) mass is 402 g/mol. The van der Waals surface area contributed by atoms with Gasteiger partial charge in [-0.2, -0.15) is 0 Å². The number of aryl methyl sites for hydroxylation is 3. The molecule has 0 bridgehead atoms. The van der Waals surface area contributed by atoms with Crippen molar-refractivity contribution >= 4 is 23.7 Å². The summed E-state index contributed by atoms with van der Waals surface area (Å²) in [6.07, 6.45) is 0.857. The average Bonchev–Trinajstić information content (AvgIpc) is 2.64. The van der Waals surface area contributed by atoms with E-state index in [4.69, 9.17) is 10.1 Å². The van der Waals surface area contributed by atoms with Crippen LogP contribution in [0.25, 0.3) is 0 Å². The quantitative estimate of drug-likeness (QED) is 0.435. The number of hydrogen-bond acceptors (Lipinski definition) is 3. The predicted molar refractivity (Wildman–Crippen MR) is 119 cm³/mol. The van der Waals surface area contributed by atoms with Gasteiger partial charge in [-0.1, -0.05) is 35.9 Å². The minimum absolute atomic E-state index is 0.131. The predicted octanol–water partition coefficient (Wildman–Crippen LogP) is 3.83. The van der Waals surface area contributed by atoms with E-state index in [1.54, 1.807) is 0 Å². The summed E-state index contributed by atoms with van der Waals surface area (Å²) < 4.78 is 18.2. The first kappa shape index (κ1) is 22.1. The normalized spacial score (nSPS) is 11.8. The fraction of sp³-hybridized carbons (Fsp3) is 0.364. The minimum Gasteiger partial charge on any atom is -0.402 e. The molecule has 0 aliphatic rings. The maximum Gasteiger partial charge on any atom is 0.414 e. The van der Waals surface area contributed by atoms with Crippen molar-refractivity contribution in [2.24, 2.45) is 4.99 Å². The molecule has 0 saturated heterocycles. The number of amidine groups is 1. The van der Waals surface area contributed by atoms with E-state index >= 15 is 0 Å². The zero-order valence-electron chi connectivity index (χ0n) is 17.0. The number of aliphatic imine (C=N–C) groups is 1. The minimum atomic E-state index is -0.327. The number of nitrogens with zero attached hydrogens (tertiary/aromatic N) is 2. The van der Waals surface area contributed by atoms with Crippen LogP contribution < -0.4 is 4.74 Å². The van der Waals surface area contributed by atoms with Crippen LogP contribution in [0.2, 0.25) is 0 Å². The molecule has 2 rings (SSSR count). The van der Waals surface area contributed by atoms with E-state index in [1.807, 2.05) is 63.1 Å². The van der Waals surface area contributed by atoms with Gasteiger partial charge in [0.1, 0.15) is 12.4 Å². The number of alkyl halides is 1. The molecule has 2 aromatic rings. The Morgan fingerprint density at radius 1 is 1.11 bits per heavy atom. The van der Waals surface area contributed by atoms with Crippen LogP contribution in [0.4, 0.5) is 4.39 Å². The van der Waals surface area contributed by atoms with Crippen molar-refractivity contribution in [1.29, 1.82) is 5.41 Å². The number of likely N-dealkylation sites (N-methyl/N-ethyl adjacent to an activating group) is 1. The Kier molecular flexibility index (Phi) is 8.20. The van der Waals surface area contributed by atoms with Crippen molar-refractivity contribution in [3.05, 3.63) is 64.2 Å². The van der Waals surface area contributed by atoms with E-state index in [2.05, 4.69) is 23.7 Å². The molecule has 0 aliphatic heterocycles. The van der Waals surface area contributed by atoms with Gasteiger partial charge >= 0.3 is 5.23 Å². The number of benzene rings is 2. The van der Waals surface area contributed by atoms with Crippen LogP contribution in [-0.4, -0.2) is 42.8 Å². The molecule has 0 aromatic heterocycles. The first-order valence-electron chi connectivity index (χ1n) is 9.28. The largest absolute Gasteiger partial charge is 0.414 e. The number of rotatable bonds is 7. The Bertz CT molecular complexity index is 850. The summed E-state index contributed by atoms with van der Waals surface area (Å²) in [5.74, 6) is 0.829. The highest BCUT2D eigenvalue weighted by Crippen LogP contribution is 2.24. The van der Waals surface area contributed by atoms with Crippen LogP contribution in [-0.2, 0) is 19.0 Å². The van der Waals surface area contributed by atoms with Crippen molar-refractivity contribution in [2.75, 3.05) is 26.8 Å². The highest BCUT2D eigenvalue weighted by molar-refractivity contribution is 7.77. The summed E-state index contributed by atoms with van der Waals surface area (Å²) >= 11 is 3.37. The third-order valence-corrected chi connectivity index (χ3v) is 4.82. The van der Waals surface area contributed by atoms with E-state index in [1.165, 1.54) is 5.56 Å². The molecule has 0 spiro atoms. The molecule has 0 amide bonds. The van der Waals surface area contributed by atoms with Crippen LogP contribution in [0, 0.1) is 26.2 Å². The van der Waals surface area contributed by atoms with Gasteiger partial charge < -0.3 is 9.64 Å². The number of nitrogens with one attached hydrogen (secondary N) is 1. The maximum atomic E-state index is 12.4. The van der Waals surface area contributed by atoms with Gasteiger partial charge in [0.25, 0.3) is 0 Å². The topological polar surface area (TPSA) is 48.7 Å². The molecule has 4 nitrogen and oxygen atoms in total. The second kappa shape index (κ2) is 10.4. The number of hydrogen-bond donors (Lipinski definition) is 1. The summed E-state index contributed by atoms with van der Waals surface area (Å²) in [5, 5.41) is 8.36. The van der Waals surface area contributed by atoms with Gasteiger partial charge in [0.2, 0.25) is 0 Å². The molecule has 0 heterocycles. The molecule has 0 aliphatic carbocycles. The van der Waals surface area contributed by atoms with Gasteiger partial charge in [0, 0.05) is 18.7 Å². The fourth-order valence-electron chi connectivity index (χ4n) is 2.80. The second-order valence-corrected chi connectivity index (χ2v) is 7.45. The first-order chi connectivity index (χ1) is 13.3. The first-order valence-corrected chi connectivity index (χ1v) is 9.78. The number of ether oxygens (including phenoxy) is 1. The maximum absolute atomic E-state index is 12.4. The Morgan fingerprint density at radius 2 is 1.79 bits per heavy atom. The van der Waals surface area contributed by atoms with E-state index < -0.39 is 0 Å². The fourth-order valence-corrected chi connectivity index (χ4v) is 3.02. The van der Waals surface area contributed by atoms with Gasteiger partial charge in [-0.15, -0.1) is 4.99 Å². The lowest BCUT2D eigenvalue weighted by Crippen LogP contribution is -2.23. The third-order valence-electron chi connectivity index (χ3n) is 4.61. The smallest absolute Gasteiger partial charge is 0.402 e. The summed E-state index contributed by atoms with van der Waals surface area (Å²) in [5.41, 5.74) is 5.18. The summed E-state index contributed by atoms with van der Waals surface area (Å²) in [6, 6.07) is 11.7. The van der Waals surface area contributed by atoms with Crippen molar-refractivity contribution < 1.29 is 9.13 Å². The zero-order valence-corrected chi connectivity index (χ0v) is 18.0. The Morgan fingerprint density at radius 3 is 2.43 bits per heavy atom. The van der Waals surface area contributed by atoms with Crippen LogP contribution in [0.15, 0.2) is 41.4 Å². The molecule has 0 unspecified atom stereocenters. The number of halogens is 1. The third kappa shape index (κ3) is 6.46. The van der Waals surface area contributed by atoms with Crippen LogP contribution in [0.1, 0.15) is 27.8 Å². The highest BCUT2D eigenvalue weighted by Gasteiger charge is 2.12. The Labute approximate surface area is 172 Å². The molecule has 28 heavy (non-hydrogen) atoms. The van der Waals surface area contributed by atoms with E-state index in [0.717, 1.165) is 35.2 Å². The molecule has 0 atom stereocenters. The standard InChI is InChI=1S/C22H28FN3OS/c1-15-5-7-18(8-6-15)21(24)25-22(28)27-20-14-16(2)19(13-17(20)3)9-11-26(4)12-10-23/h5-8,13-14H,9-12H2,1-4H3,(H2,24,25,28)/p+1. The molecule has 0 saturated carbocycles. The van der Waals surface area contributed by atoms with Gasteiger partial charge in [-0.25, -0.2) is 4.39 Å². The van der Waals surface area contributed by atoms with Crippen LogP contribution in [0.5, 0.6) is 5.75 Å². The lowest BCUT2D eigenvalue weighted by atomic mass is 10.0. The Balaban J connectivity index is 2.07. The molecule has 150 valence electrons. The molecule has 2 aromatic carbocycles. The van der Waals surface area contributed by atoms with Crippen molar-refractivity contribution in [2.45, 2.75) is 27.2 Å². The molecule has 0 fully saturated rings. The highest BCUT2D eigenvalue weighted by atomic mass is 32.1. The molecule has 1 N–H and O–H groups in total. The molecule has 0 radical (unpaired) electrons. The van der Waals surface area contributed by atoms with Crippen molar-refractivity contribution in [1.82, 2.24) is 4.90 Å². The average molecular weight is 403 g/mol. The lowest BCUT2D eigenvalue weighted by Gasteiger charge is -2.16. The van der Waals surface area contributed by atoms with Gasteiger partial charge in [0.05, 0.1) is 12.6 Å². The van der Waals surface area contributed by atoms with E-state index in [9.17, 15) is 4.39 Å². The second-order valence-electron chi connectivity index (χ2n) is 7.02. The van der Waals surface area contributed by atoms with Crippen molar-refractivity contribution in [3.8, 4) is 5.75 Å². The zero-order chi connectivity index (χ0) is 20.7. The summed E-state index contributed by atoms with van der Waals surface area (Å²) in [4.78, 5) is 6.18. The van der Waals surface area contributed by atoms with Crippen LogP contribution in [0.3, 0.4) is 0 Å². The summed E-state index contributed by atoms with van der Waals surface area (Å²) in [7, 11) is 1.93. The molecule has 6 heteroatoms.